The number of ether oxygens (including phenoxy) is 1. The summed E-state index contributed by atoms with van der Waals surface area (Å²) in [6.07, 6.45) is 0.941. The molecule has 1 aliphatic heterocycles. The van der Waals surface area contributed by atoms with Crippen LogP contribution in [0.25, 0.3) is 0 Å². The van der Waals surface area contributed by atoms with E-state index in [1.807, 2.05) is 57.2 Å². The lowest BCUT2D eigenvalue weighted by atomic mass is 10.0. The Bertz CT molecular complexity index is 519. The number of aromatic hydroxyl groups is 1. The van der Waals surface area contributed by atoms with Crippen LogP contribution in [0.3, 0.4) is 0 Å². The first-order valence-corrected chi connectivity index (χ1v) is 7.37. The van der Waals surface area contributed by atoms with Gasteiger partial charge in [0, 0.05) is 6.04 Å². The lowest BCUT2D eigenvalue weighted by Crippen LogP contribution is -2.33. The number of phenols is 1. The molecule has 0 spiro atoms. The third kappa shape index (κ3) is 5.48. The molecule has 114 valence electrons. The number of phenolic OH excluding ortho intramolecular Hbond substituents is 1. The highest BCUT2D eigenvalue weighted by molar-refractivity contribution is 5.35. The quantitative estimate of drug-likeness (QED) is 0.777. The minimum absolute atomic E-state index is 0.171. The van der Waals surface area contributed by atoms with Crippen LogP contribution in [0.4, 0.5) is 0 Å². The minimum atomic E-state index is 0.171. The summed E-state index contributed by atoms with van der Waals surface area (Å²) in [7, 11) is 0. The number of nitrogens with two attached hydrogens (primary N) is 1. The number of hydrogen-bond acceptors (Lipinski definition) is 3. The van der Waals surface area contributed by atoms with Crippen LogP contribution in [0.2, 0.25) is 0 Å². The van der Waals surface area contributed by atoms with E-state index in [0.29, 0.717) is 12.4 Å². The Hall–Kier alpha value is -2.00. The van der Waals surface area contributed by atoms with E-state index in [1.165, 1.54) is 5.56 Å². The predicted molar refractivity (Wildman–Crippen MR) is 87.8 cm³/mol. The fourth-order valence-electron chi connectivity index (χ4n) is 1.91. The van der Waals surface area contributed by atoms with Gasteiger partial charge in [0.15, 0.2) is 0 Å². The molecule has 3 rings (SSSR count). The molecule has 0 saturated carbocycles. The van der Waals surface area contributed by atoms with Crippen LogP contribution in [0.1, 0.15) is 25.0 Å². The molecule has 3 heteroatoms. The number of benzene rings is 2. The first-order valence-electron chi connectivity index (χ1n) is 7.37. The molecule has 1 heterocycles. The van der Waals surface area contributed by atoms with Gasteiger partial charge in [0.25, 0.3) is 0 Å². The lowest BCUT2D eigenvalue weighted by Gasteiger charge is -2.21. The molecule has 0 amide bonds. The average Bonchev–Trinajstić information content (AvgIpc) is 2.53. The fraction of sp³-hybridized carbons (Fsp3) is 0.333. The summed E-state index contributed by atoms with van der Waals surface area (Å²) in [5.74, 6) is 1.36. The fourth-order valence-corrected chi connectivity index (χ4v) is 1.91. The first kappa shape index (κ1) is 17.1. The Balaban J connectivity index is 0.000000196. The molecule has 0 aliphatic carbocycles. The minimum Gasteiger partial charge on any atom is -0.508 e. The summed E-state index contributed by atoms with van der Waals surface area (Å²) in [5, 5.41) is 8.92. The summed E-state index contributed by atoms with van der Waals surface area (Å²) >= 11 is 0. The number of aryl methyl sites for hydroxylation is 1. The second-order valence-electron chi connectivity index (χ2n) is 4.67. The van der Waals surface area contributed by atoms with E-state index in [1.54, 1.807) is 6.07 Å². The van der Waals surface area contributed by atoms with E-state index >= 15 is 0 Å². The van der Waals surface area contributed by atoms with Crippen molar-refractivity contribution in [2.45, 2.75) is 33.2 Å². The van der Waals surface area contributed by atoms with Crippen molar-refractivity contribution in [2.24, 2.45) is 5.73 Å². The van der Waals surface area contributed by atoms with Crippen molar-refractivity contribution in [2.75, 3.05) is 6.61 Å². The van der Waals surface area contributed by atoms with E-state index in [0.717, 1.165) is 17.7 Å². The second kappa shape index (κ2) is 9.03. The highest BCUT2D eigenvalue weighted by Gasteiger charge is 2.14. The molecule has 2 aromatic carbocycles. The van der Waals surface area contributed by atoms with Gasteiger partial charge in [0.2, 0.25) is 0 Å². The molecule has 2 aromatic rings. The van der Waals surface area contributed by atoms with Crippen LogP contribution in [-0.2, 0) is 6.42 Å². The van der Waals surface area contributed by atoms with Gasteiger partial charge in [-0.25, -0.2) is 0 Å². The van der Waals surface area contributed by atoms with Gasteiger partial charge >= 0.3 is 0 Å². The van der Waals surface area contributed by atoms with E-state index in [9.17, 15) is 0 Å². The van der Waals surface area contributed by atoms with Gasteiger partial charge in [-0.15, -0.1) is 0 Å². The third-order valence-electron chi connectivity index (χ3n) is 3.02. The van der Waals surface area contributed by atoms with Crippen molar-refractivity contribution >= 4 is 0 Å². The molecule has 3 nitrogen and oxygen atoms in total. The molecule has 0 bridgehead atoms. The van der Waals surface area contributed by atoms with Crippen LogP contribution < -0.4 is 10.5 Å². The molecule has 0 unspecified atom stereocenters. The molecule has 0 aromatic heterocycles. The Morgan fingerprint density at radius 2 is 1.67 bits per heavy atom. The largest absolute Gasteiger partial charge is 0.508 e. The molecule has 0 radical (unpaired) electrons. The highest BCUT2D eigenvalue weighted by atomic mass is 16.5. The standard InChI is InChI=1S/C9H11NO.C7H8O.C2H6/c10-8-5-7-3-1-2-4-9(7)11-6-8;1-6-4-2-3-5-7(6)8;1-2/h1-4,8H,5-6,10H2;2-5,8H,1H3;1-2H3/t8-;;/m0../s1. The van der Waals surface area contributed by atoms with Gasteiger partial charge in [-0.3, -0.25) is 0 Å². The Labute approximate surface area is 127 Å². The molecule has 1 aliphatic rings. The zero-order valence-corrected chi connectivity index (χ0v) is 13.0. The van der Waals surface area contributed by atoms with Crippen LogP contribution in [0, 0.1) is 6.92 Å². The molecular formula is C18H25NO2. The number of rotatable bonds is 0. The monoisotopic (exact) mass is 287 g/mol. The average molecular weight is 287 g/mol. The normalized spacial score (nSPS) is 15.3. The van der Waals surface area contributed by atoms with Crippen molar-refractivity contribution < 1.29 is 9.84 Å². The maximum atomic E-state index is 8.92. The Morgan fingerprint density at radius 1 is 1.05 bits per heavy atom. The van der Waals surface area contributed by atoms with Gasteiger partial charge in [-0.05, 0) is 36.6 Å². The summed E-state index contributed by atoms with van der Waals surface area (Å²) in [5.41, 5.74) is 7.88. The molecule has 0 saturated heterocycles. The molecule has 0 fully saturated rings. The second-order valence-corrected chi connectivity index (χ2v) is 4.67. The SMILES string of the molecule is CC.Cc1ccccc1O.N[C@@H]1COc2ccccc2C1. The summed E-state index contributed by atoms with van der Waals surface area (Å²) in [4.78, 5) is 0. The van der Waals surface area contributed by atoms with Crippen molar-refractivity contribution in [1.29, 1.82) is 0 Å². The van der Waals surface area contributed by atoms with Crippen molar-refractivity contribution in [3.8, 4) is 11.5 Å². The van der Waals surface area contributed by atoms with E-state index in [4.69, 9.17) is 15.6 Å². The molecule has 3 N–H and O–H groups in total. The van der Waals surface area contributed by atoms with Gasteiger partial charge in [0.05, 0.1) is 0 Å². The van der Waals surface area contributed by atoms with E-state index < -0.39 is 0 Å². The van der Waals surface area contributed by atoms with Crippen molar-refractivity contribution in [1.82, 2.24) is 0 Å². The van der Waals surface area contributed by atoms with Gasteiger partial charge in [0.1, 0.15) is 18.1 Å². The molecule has 1 atom stereocenters. The first-order chi connectivity index (χ1) is 10.2. The van der Waals surface area contributed by atoms with Crippen molar-refractivity contribution in [3.05, 3.63) is 59.7 Å². The molecular weight excluding hydrogens is 262 g/mol. The van der Waals surface area contributed by atoms with Crippen LogP contribution in [-0.4, -0.2) is 17.8 Å². The number of fused-ring (bicyclic) bond motifs is 1. The van der Waals surface area contributed by atoms with Gasteiger partial charge < -0.3 is 15.6 Å². The summed E-state index contributed by atoms with van der Waals surface area (Å²) in [6.45, 7) is 6.52. The third-order valence-corrected chi connectivity index (χ3v) is 3.02. The van der Waals surface area contributed by atoms with E-state index in [-0.39, 0.29) is 6.04 Å². The predicted octanol–water partition coefficient (Wildman–Crippen LogP) is 3.68. The smallest absolute Gasteiger partial charge is 0.122 e. The Morgan fingerprint density at radius 3 is 2.29 bits per heavy atom. The topological polar surface area (TPSA) is 55.5 Å². The van der Waals surface area contributed by atoms with Crippen LogP contribution >= 0.6 is 0 Å². The van der Waals surface area contributed by atoms with Gasteiger partial charge in [-0.2, -0.15) is 0 Å². The van der Waals surface area contributed by atoms with Crippen molar-refractivity contribution in [3.63, 3.8) is 0 Å². The maximum absolute atomic E-state index is 8.92. The lowest BCUT2D eigenvalue weighted by molar-refractivity contribution is 0.263. The summed E-state index contributed by atoms with van der Waals surface area (Å²) in [6, 6.07) is 15.5. The maximum Gasteiger partial charge on any atom is 0.122 e. The van der Waals surface area contributed by atoms with Crippen LogP contribution in [0.5, 0.6) is 11.5 Å². The Kier molecular flexibility index (Phi) is 7.33. The van der Waals surface area contributed by atoms with Gasteiger partial charge in [-0.1, -0.05) is 50.2 Å². The van der Waals surface area contributed by atoms with Crippen LogP contribution in [0.15, 0.2) is 48.5 Å². The number of hydrogen-bond donors (Lipinski definition) is 2. The highest BCUT2D eigenvalue weighted by Crippen LogP contribution is 2.22. The summed E-state index contributed by atoms with van der Waals surface area (Å²) < 4.78 is 5.41. The number of para-hydroxylation sites is 2. The molecule has 21 heavy (non-hydrogen) atoms. The zero-order valence-electron chi connectivity index (χ0n) is 13.0. The zero-order chi connectivity index (χ0) is 15.7. The van der Waals surface area contributed by atoms with E-state index in [2.05, 4.69) is 6.07 Å².